The van der Waals surface area contributed by atoms with Gasteiger partial charge in [0.15, 0.2) is 0 Å². The van der Waals surface area contributed by atoms with Crippen LogP contribution in [0.1, 0.15) is 98.8 Å². The van der Waals surface area contributed by atoms with Crippen LogP contribution in [0, 0.1) is 40.4 Å². The van der Waals surface area contributed by atoms with Gasteiger partial charge in [0.2, 0.25) is 0 Å². The maximum Gasteiger partial charge on any atom is 0.320 e. The summed E-state index contributed by atoms with van der Waals surface area (Å²) in [6.07, 6.45) is 9.62. The molecule has 0 amide bonds. The molecular weight excluding hydrogens is 462 g/mol. The zero-order valence-electron chi connectivity index (χ0n) is 22.8. The lowest BCUT2D eigenvalue weighted by Gasteiger charge is -2.62. The Morgan fingerprint density at radius 3 is 2.29 bits per heavy atom. The maximum absolute atomic E-state index is 13.1. The summed E-state index contributed by atoms with van der Waals surface area (Å²) < 4.78 is 6.31. The van der Waals surface area contributed by atoms with E-state index in [1.807, 2.05) is 0 Å². The van der Waals surface area contributed by atoms with Gasteiger partial charge in [0.25, 0.3) is 0 Å². The molecule has 4 rings (SSSR count). The summed E-state index contributed by atoms with van der Waals surface area (Å²) >= 11 is 0. The Balaban J connectivity index is 0.00000342. The zero-order chi connectivity index (χ0) is 24.7. The maximum atomic E-state index is 13.1. The molecule has 0 aromatic carbocycles. The van der Waals surface area contributed by atoms with Crippen LogP contribution in [0.25, 0.3) is 0 Å². The van der Waals surface area contributed by atoms with Crippen molar-refractivity contribution < 1.29 is 19.4 Å². The predicted octanol–water partition coefficient (Wildman–Crippen LogP) is 5.66. The van der Waals surface area contributed by atoms with Crippen molar-refractivity contribution >= 4 is 24.2 Å². The molecule has 9 atom stereocenters. The standard InChI is InChI=1S/C29H49NO4.ClH/c1-6-14-30(15-7-2)18-27(33)34-26-17-21(32)16-20-8-9-22-24-11-10-23(19(3)31)28(24,4)13-12-25(22)29(20,26)5;/h20-26,32H,6-18H2,1-5H3;1H/t20-,21-,22-,23+,24-,25-,26?,28+,29-;/m0./s1. The number of ether oxygens (including phenoxy) is 1. The summed E-state index contributed by atoms with van der Waals surface area (Å²) in [5.41, 5.74) is 0.0607. The molecule has 0 aliphatic heterocycles. The molecule has 4 saturated carbocycles. The highest BCUT2D eigenvalue weighted by atomic mass is 35.5. The smallest absolute Gasteiger partial charge is 0.320 e. The van der Waals surface area contributed by atoms with E-state index in [1.54, 1.807) is 6.92 Å². The first-order chi connectivity index (χ1) is 16.1. The van der Waals surface area contributed by atoms with Gasteiger partial charge in [-0.15, -0.1) is 12.4 Å². The lowest BCUT2D eigenvalue weighted by atomic mass is 9.44. The molecule has 0 heterocycles. The molecule has 4 fully saturated rings. The number of Topliss-reactive ketones (excluding diaryl/α,β-unsaturated/α-hetero) is 1. The number of carbonyl (C=O) groups is 2. The Kier molecular flexibility index (Phi) is 9.41. The second kappa shape index (κ2) is 11.4. The molecule has 0 radical (unpaired) electrons. The average molecular weight is 512 g/mol. The van der Waals surface area contributed by atoms with Crippen LogP contribution >= 0.6 is 12.4 Å². The van der Waals surface area contributed by atoms with Gasteiger partial charge in [-0.2, -0.15) is 0 Å². The van der Waals surface area contributed by atoms with Crippen molar-refractivity contribution in [2.75, 3.05) is 19.6 Å². The monoisotopic (exact) mass is 511 g/mol. The minimum Gasteiger partial charge on any atom is -0.461 e. The van der Waals surface area contributed by atoms with Gasteiger partial charge in [-0.05, 0) is 107 Å². The van der Waals surface area contributed by atoms with E-state index in [0.717, 1.165) is 58.0 Å². The van der Waals surface area contributed by atoms with Gasteiger partial charge in [0.1, 0.15) is 11.9 Å². The van der Waals surface area contributed by atoms with E-state index >= 15 is 0 Å². The van der Waals surface area contributed by atoms with Crippen molar-refractivity contribution in [3.05, 3.63) is 0 Å². The molecule has 4 aliphatic rings. The minimum absolute atomic E-state index is 0. The van der Waals surface area contributed by atoms with Crippen molar-refractivity contribution in [2.45, 2.75) is 111 Å². The van der Waals surface area contributed by atoms with E-state index < -0.39 is 0 Å². The molecule has 0 saturated heterocycles. The van der Waals surface area contributed by atoms with E-state index in [9.17, 15) is 14.7 Å². The summed E-state index contributed by atoms with van der Waals surface area (Å²) in [7, 11) is 0. The van der Waals surface area contributed by atoms with E-state index in [0.29, 0.717) is 42.4 Å². The average Bonchev–Trinajstić information content (AvgIpc) is 3.12. The Morgan fingerprint density at radius 1 is 0.971 bits per heavy atom. The molecule has 5 nitrogen and oxygen atoms in total. The summed E-state index contributed by atoms with van der Waals surface area (Å²) in [5.74, 6) is 2.60. The largest absolute Gasteiger partial charge is 0.461 e. The number of ketones is 1. The van der Waals surface area contributed by atoms with Gasteiger partial charge < -0.3 is 9.84 Å². The SMILES string of the molecule is CCCN(CCC)CC(=O)OC1C[C@@H](O)C[C@@H]2CC[C@H]3[C@@H]4CC[C@H](C(C)=O)[C@@]4(C)CC[C@@H]3[C@@]12C.Cl. The van der Waals surface area contributed by atoms with Gasteiger partial charge >= 0.3 is 5.97 Å². The van der Waals surface area contributed by atoms with Crippen LogP contribution in [0.3, 0.4) is 0 Å². The fraction of sp³-hybridized carbons (Fsp3) is 0.931. The first-order valence-corrected chi connectivity index (χ1v) is 14.2. The molecule has 35 heavy (non-hydrogen) atoms. The third kappa shape index (κ3) is 5.21. The molecule has 0 bridgehead atoms. The molecule has 1 N–H and O–H groups in total. The number of rotatable bonds is 8. The van der Waals surface area contributed by atoms with E-state index in [4.69, 9.17) is 4.74 Å². The Bertz CT molecular complexity index is 755. The number of halogens is 1. The first kappa shape index (κ1) is 28.9. The second-order valence-electron chi connectivity index (χ2n) is 12.7. The predicted molar refractivity (Wildman–Crippen MR) is 141 cm³/mol. The Labute approximate surface area is 219 Å². The minimum atomic E-state index is -0.378. The Hall–Kier alpha value is -0.650. The number of hydrogen-bond donors (Lipinski definition) is 1. The number of esters is 1. The summed E-state index contributed by atoms with van der Waals surface area (Å²) in [6, 6.07) is 0. The summed E-state index contributed by atoms with van der Waals surface area (Å²) in [6.45, 7) is 13.0. The summed E-state index contributed by atoms with van der Waals surface area (Å²) in [5, 5.41) is 10.7. The van der Waals surface area contributed by atoms with Crippen LogP contribution in [0.4, 0.5) is 0 Å². The van der Waals surface area contributed by atoms with E-state index in [2.05, 4.69) is 32.6 Å². The van der Waals surface area contributed by atoms with Crippen molar-refractivity contribution in [1.82, 2.24) is 4.90 Å². The lowest BCUT2D eigenvalue weighted by Crippen LogP contribution is -2.60. The first-order valence-electron chi connectivity index (χ1n) is 14.2. The highest BCUT2D eigenvalue weighted by molar-refractivity contribution is 5.85. The fourth-order valence-electron chi connectivity index (χ4n) is 9.39. The molecule has 202 valence electrons. The van der Waals surface area contributed by atoms with Gasteiger partial charge in [-0.25, -0.2) is 0 Å². The van der Waals surface area contributed by atoms with Crippen LogP contribution < -0.4 is 0 Å². The van der Waals surface area contributed by atoms with Crippen LogP contribution in [-0.2, 0) is 14.3 Å². The third-order valence-corrected chi connectivity index (χ3v) is 10.9. The highest BCUT2D eigenvalue weighted by Crippen LogP contribution is 2.67. The van der Waals surface area contributed by atoms with Gasteiger partial charge in [0, 0.05) is 17.8 Å². The number of aliphatic hydroxyl groups is 1. The molecule has 1 unspecified atom stereocenters. The molecule has 0 aromatic rings. The number of aliphatic hydroxyl groups excluding tert-OH is 1. The van der Waals surface area contributed by atoms with Crippen LogP contribution in [0.2, 0.25) is 0 Å². The number of hydrogen-bond acceptors (Lipinski definition) is 5. The van der Waals surface area contributed by atoms with Crippen molar-refractivity contribution in [3.8, 4) is 0 Å². The van der Waals surface area contributed by atoms with Gasteiger partial charge in [-0.3, -0.25) is 14.5 Å². The van der Waals surface area contributed by atoms with Gasteiger partial charge in [0.05, 0.1) is 12.6 Å². The molecule has 4 aliphatic carbocycles. The number of nitrogens with zero attached hydrogens (tertiary/aromatic N) is 1. The quantitative estimate of drug-likeness (QED) is 0.426. The number of fused-ring (bicyclic) bond motifs is 5. The van der Waals surface area contributed by atoms with E-state index in [1.165, 1.54) is 12.8 Å². The third-order valence-electron chi connectivity index (χ3n) is 10.9. The molecule has 6 heteroatoms. The zero-order valence-corrected chi connectivity index (χ0v) is 23.6. The van der Waals surface area contributed by atoms with Gasteiger partial charge in [-0.1, -0.05) is 27.7 Å². The van der Waals surface area contributed by atoms with E-state index in [-0.39, 0.29) is 47.3 Å². The molecule has 0 aromatic heterocycles. The van der Waals surface area contributed by atoms with Crippen LogP contribution in [0.15, 0.2) is 0 Å². The van der Waals surface area contributed by atoms with Crippen molar-refractivity contribution in [3.63, 3.8) is 0 Å². The number of carbonyl (C=O) groups excluding carboxylic acids is 2. The molecular formula is C29H50ClNO4. The van der Waals surface area contributed by atoms with Crippen LogP contribution in [0.5, 0.6) is 0 Å². The summed E-state index contributed by atoms with van der Waals surface area (Å²) in [4.78, 5) is 27.8. The molecule has 0 spiro atoms. The lowest BCUT2D eigenvalue weighted by molar-refractivity contribution is -0.203. The second-order valence-corrected chi connectivity index (χ2v) is 12.7. The Morgan fingerprint density at radius 2 is 1.66 bits per heavy atom. The highest BCUT2D eigenvalue weighted by Gasteiger charge is 2.63. The normalized spacial score (nSPS) is 42.4. The van der Waals surface area contributed by atoms with Crippen molar-refractivity contribution in [1.29, 1.82) is 0 Å². The van der Waals surface area contributed by atoms with Crippen LogP contribution in [-0.4, -0.2) is 53.6 Å². The van der Waals surface area contributed by atoms with Crippen molar-refractivity contribution in [2.24, 2.45) is 40.4 Å². The topological polar surface area (TPSA) is 66.8 Å². The fourth-order valence-corrected chi connectivity index (χ4v) is 9.39.